The first kappa shape index (κ1) is 37.7. The molecule has 0 N–H and O–H groups in total. The van der Waals surface area contributed by atoms with E-state index < -0.39 is 0 Å². The van der Waals surface area contributed by atoms with Gasteiger partial charge >= 0.3 is 6.85 Å². The van der Waals surface area contributed by atoms with E-state index in [-0.39, 0.29) is 12.3 Å². The van der Waals surface area contributed by atoms with Crippen LogP contribution >= 0.6 is 0 Å². The number of hydrogen-bond acceptors (Lipinski definition) is 4. The summed E-state index contributed by atoms with van der Waals surface area (Å²) in [6.07, 6.45) is 0. The predicted octanol–water partition coefficient (Wildman–Crippen LogP) is 15.9. The Morgan fingerprint density at radius 3 is 1.91 bits per heavy atom. The van der Waals surface area contributed by atoms with E-state index in [0.717, 1.165) is 78.0 Å². The van der Waals surface area contributed by atoms with E-state index >= 15 is 0 Å². The van der Waals surface area contributed by atoms with E-state index in [1.807, 2.05) is 0 Å². The molecule has 0 radical (unpaired) electrons. The summed E-state index contributed by atoms with van der Waals surface area (Å²) in [7, 11) is 0. The van der Waals surface area contributed by atoms with Gasteiger partial charge in [-0.2, -0.15) is 0 Å². The molecule has 0 aliphatic carbocycles. The van der Waals surface area contributed by atoms with E-state index in [1.165, 1.54) is 60.2 Å². The van der Waals surface area contributed by atoms with Gasteiger partial charge in [0, 0.05) is 66.3 Å². The number of rotatable bonds is 4. The minimum absolute atomic E-state index is 0.112. The average Bonchev–Trinajstić information content (AvgIpc) is 4.06. The lowest BCUT2D eigenvalue weighted by Gasteiger charge is -2.41. The van der Waals surface area contributed by atoms with Gasteiger partial charge in [0.1, 0.15) is 16.7 Å². The third kappa shape index (κ3) is 5.06. The zero-order valence-corrected chi connectivity index (χ0v) is 37.8. The summed E-state index contributed by atoms with van der Waals surface area (Å²) in [5, 5.41) is 9.42. The zero-order valence-electron chi connectivity index (χ0n) is 37.8. The maximum Gasteiger partial charge on any atom is 0.333 e. The van der Waals surface area contributed by atoms with Crippen LogP contribution in [0.4, 0.5) is 34.1 Å². The second kappa shape index (κ2) is 13.6. The molecule has 0 fully saturated rings. The molecular formula is C62H42BN3O2. The Balaban J connectivity index is 1.15. The highest BCUT2D eigenvalue weighted by Gasteiger charge is 2.45. The molecule has 2 aliphatic rings. The average molecular weight is 872 g/mol. The van der Waals surface area contributed by atoms with Crippen molar-refractivity contribution in [1.29, 1.82) is 0 Å². The first-order valence-electron chi connectivity index (χ1n) is 23.6. The number of furan rings is 2. The lowest BCUT2D eigenvalue weighted by atomic mass is 9.45. The molecule has 0 atom stereocenters. The minimum Gasteiger partial charge on any atom is -0.456 e. The first-order valence-corrected chi connectivity index (χ1v) is 23.6. The van der Waals surface area contributed by atoms with Crippen LogP contribution < -0.4 is 20.7 Å². The van der Waals surface area contributed by atoms with E-state index in [2.05, 4.69) is 235 Å². The molecular weight excluding hydrogens is 830 g/mol. The highest BCUT2D eigenvalue weighted by molar-refractivity contribution is 6.90. The number of anilines is 6. The third-order valence-corrected chi connectivity index (χ3v) is 14.8. The summed E-state index contributed by atoms with van der Waals surface area (Å²) >= 11 is 0. The Morgan fingerprint density at radius 2 is 1.15 bits per heavy atom. The van der Waals surface area contributed by atoms with Crippen molar-refractivity contribution < 1.29 is 8.83 Å². The lowest BCUT2D eigenvalue weighted by molar-refractivity contribution is 0.591. The first-order chi connectivity index (χ1) is 33.4. The summed E-state index contributed by atoms with van der Waals surface area (Å²) in [4.78, 5) is 4.89. The van der Waals surface area contributed by atoms with Crippen LogP contribution in [-0.4, -0.2) is 11.3 Å². The van der Waals surface area contributed by atoms with Crippen molar-refractivity contribution in [1.82, 2.24) is 4.48 Å². The Bertz CT molecular complexity index is 4230. The Hall–Kier alpha value is -8.48. The molecule has 3 aromatic heterocycles. The molecule has 0 saturated heterocycles. The van der Waals surface area contributed by atoms with Gasteiger partial charge in [-0.15, -0.1) is 0 Å². The number of para-hydroxylation sites is 5. The van der Waals surface area contributed by atoms with Gasteiger partial charge in [0.05, 0.1) is 16.8 Å². The predicted molar refractivity (Wildman–Crippen MR) is 285 cm³/mol. The molecule has 2 aliphatic heterocycles. The molecule has 68 heavy (non-hydrogen) atoms. The van der Waals surface area contributed by atoms with E-state index in [4.69, 9.17) is 8.83 Å². The van der Waals surface area contributed by atoms with Crippen LogP contribution in [0.1, 0.15) is 26.3 Å². The zero-order chi connectivity index (χ0) is 45.0. The van der Waals surface area contributed by atoms with Gasteiger partial charge in [-0.25, -0.2) is 0 Å². The van der Waals surface area contributed by atoms with E-state index in [9.17, 15) is 0 Å². The maximum atomic E-state index is 7.04. The van der Waals surface area contributed by atoms with Crippen LogP contribution in [0.5, 0.6) is 0 Å². The van der Waals surface area contributed by atoms with Crippen LogP contribution in [0.25, 0.3) is 87.6 Å². The van der Waals surface area contributed by atoms with Gasteiger partial charge in [-0.3, -0.25) is 0 Å². The summed E-state index contributed by atoms with van der Waals surface area (Å²) in [6, 6.07) is 73.0. The van der Waals surface area contributed by atoms with E-state index in [0.29, 0.717) is 0 Å². The molecule has 15 rings (SSSR count). The minimum atomic E-state index is -0.190. The van der Waals surface area contributed by atoms with Crippen molar-refractivity contribution in [3.05, 3.63) is 206 Å². The van der Waals surface area contributed by atoms with Crippen LogP contribution in [-0.2, 0) is 5.41 Å². The second-order valence-electron chi connectivity index (χ2n) is 19.6. The van der Waals surface area contributed by atoms with Gasteiger partial charge in [0.2, 0.25) is 0 Å². The summed E-state index contributed by atoms with van der Waals surface area (Å²) < 4.78 is 16.7. The summed E-state index contributed by atoms with van der Waals surface area (Å²) in [5.74, 6) is 0. The molecule has 13 aromatic rings. The van der Waals surface area contributed by atoms with Crippen molar-refractivity contribution in [2.75, 3.05) is 9.80 Å². The van der Waals surface area contributed by atoms with Gasteiger partial charge in [-0.1, -0.05) is 142 Å². The Morgan fingerprint density at radius 1 is 0.471 bits per heavy atom. The van der Waals surface area contributed by atoms with Gasteiger partial charge < -0.3 is 23.1 Å². The van der Waals surface area contributed by atoms with Gasteiger partial charge in [-0.05, 0) is 117 Å². The number of benzene rings is 10. The largest absolute Gasteiger partial charge is 0.456 e. The maximum absolute atomic E-state index is 7.04. The standard InChI is InChI=1S/C62H42BN3O2/c1-62(2,3)38-33-47-46-36-55-57(45-24-13-15-28-54(45)67-55)60-58(46)63(66-50-32-29-37-17-10-11-22-42(37)56(50)48(34-38)59(47)66)49-31-30-41(64(39-18-6-4-7-19-39)40-20-8-5-9-21-40)35-52(49)65(60)51-26-16-25-44-43-23-12-14-27-53(43)68-61(44)51/h4-36H,1-3H3. The fourth-order valence-corrected chi connectivity index (χ4v) is 11.9. The molecule has 0 saturated carbocycles. The second-order valence-corrected chi connectivity index (χ2v) is 19.6. The van der Waals surface area contributed by atoms with Crippen LogP contribution in [0.15, 0.2) is 209 Å². The summed E-state index contributed by atoms with van der Waals surface area (Å²) in [6.45, 7) is 6.81. The smallest absolute Gasteiger partial charge is 0.333 e. The fourth-order valence-electron chi connectivity index (χ4n) is 11.9. The third-order valence-electron chi connectivity index (χ3n) is 14.8. The molecule has 10 aromatic carbocycles. The SMILES string of the molecule is CC(C)(C)c1cc2c3c(c1)c1c4ccccc4ccc1n3B1c3ccc(N(c4ccccc4)c4ccccc4)cc3N(c3cccc4c3oc3ccccc34)c3c1c-2cc1oc2ccccc2c31. The monoisotopic (exact) mass is 871 g/mol. The van der Waals surface area contributed by atoms with Gasteiger partial charge in [0.15, 0.2) is 5.58 Å². The van der Waals surface area contributed by atoms with Crippen molar-refractivity contribution >= 4 is 128 Å². The van der Waals surface area contributed by atoms with Crippen LogP contribution in [0.3, 0.4) is 0 Å². The highest BCUT2D eigenvalue weighted by atomic mass is 16.3. The summed E-state index contributed by atoms with van der Waals surface area (Å²) in [5.41, 5.74) is 18.4. The van der Waals surface area contributed by atoms with E-state index in [1.54, 1.807) is 0 Å². The van der Waals surface area contributed by atoms with Crippen molar-refractivity contribution in [3.63, 3.8) is 0 Å². The Kier molecular flexibility index (Phi) is 7.52. The lowest BCUT2D eigenvalue weighted by Crippen LogP contribution is -2.56. The van der Waals surface area contributed by atoms with Crippen molar-refractivity contribution in [3.8, 4) is 11.1 Å². The van der Waals surface area contributed by atoms with Crippen molar-refractivity contribution in [2.24, 2.45) is 0 Å². The number of hydrogen-bond donors (Lipinski definition) is 0. The number of aromatic nitrogens is 1. The molecule has 5 heterocycles. The highest BCUT2D eigenvalue weighted by Crippen LogP contribution is 2.53. The normalized spacial score (nSPS) is 13.2. The molecule has 320 valence electrons. The Labute approximate surface area is 392 Å². The molecule has 6 heteroatoms. The topological polar surface area (TPSA) is 37.7 Å². The number of nitrogens with zero attached hydrogens (tertiary/aromatic N) is 3. The molecule has 5 nitrogen and oxygen atoms in total. The molecule has 0 spiro atoms. The quantitative estimate of drug-likeness (QED) is 0.165. The fraction of sp³-hybridized carbons (Fsp3) is 0.0645. The molecule has 0 unspecified atom stereocenters. The van der Waals surface area contributed by atoms with Crippen molar-refractivity contribution in [2.45, 2.75) is 26.2 Å². The van der Waals surface area contributed by atoms with Crippen LogP contribution in [0, 0.1) is 0 Å². The van der Waals surface area contributed by atoms with Crippen LogP contribution in [0.2, 0.25) is 0 Å². The molecule has 0 bridgehead atoms. The van der Waals surface area contributed by atoms with Gasteiger partial charge in [0.25, 0.3) is 0 Å². The molecule has 0 amide bonds. The number of fused-ring (bicyclic) bond motifs is 16.